The normalized spacial score (nSPS) is 14.9. The van der Waals surface area contributed by atoms with Gasteiger partial charge < -0.3 is 14.4 Å². The molecule has 1 aliphatic heterocycles. The monoisotopic (exact) mass is 207 g/mol. The fourth-order valence-corrected chi connectivity index (χ4v) is 1.61. The molecule has 1 aromatic rings. The van der Waals surface area contributed by atoms with Gasteiger partial charge in [-0.2, -0.15) is 0 Å². The van der Waals surface area contributed by atoms with Gasteiger partial charge in [0.15, 0.2) is 0 Å². The molecular weight excluding hydrogens is 194 g/mol. The van der Waals surface area contributed by atoms with Gasteiger partial charge in [0.1, 0.15) is 12.4 Å². The van der Waals surface area contributed by atoms with Crippen LogP contribution in [0, 0.1) is 0 Å². The largest absolute Gasteiger partial charge is 0.491 e. The first-order valence-electron chi connectivity index (χ1n) is 4.85. The van der Waals surface area contributed by atoms with E-state index in [0.29, 0.717) is 19.7 Å². The summed E-state index contributed by atoms with van der Waals surface area (Å²) in [5.74, 6) is 0.851. The van der Waals surface area contributed by atoms with Crippen LogP contribution < -0.4 is 4.74 Å². The predicted molar refractivity (Wildman–Crippen MR) is 54.8 cm³/mol. The number of rotatable bonds is 0. The Balaban J connectivity index is 2.21. The highest BCUT2D eigenvalue weighted by Gasteiger charge is 2.19. The number of benzene rings is 1. The van der Waals surface area contributed by atoms with Crippen molar-refractivity contribution < 1.29 is 14.3 Å². The summed E-state index contributed by atoms with van der Waals surface area (Å²) in [6, 6.07) is 7.72. The Morgan fingerprint density at radius 3 is 3.07 bits per heavy atom. The van der Waals surface area contributed by atoms with E-state index in [1.807, 2.05) is 24.3 Å². The second-order valence-electron chi connectivity index (χ2n) is 3.35. The van der Waals surface area contributed by atoms with Gasteiger partial charge in [-0.25, -0.2) is 4.79 Å². The van der Waals surface area contributed by atoms with Crippen molar-refractivity contribution in [3.63, 3.8) is 0 Å². The van der Waals surface area contributed by atoms with E-state index in [-0.39, 0.29) is 6.09 Å². The van der Waals surface area contributed by atoms with Crippen molar-refractivity contribution in [1.82, 2.24) is 4.90 Å². The summed E-state index contributed by atoms with van der Waals surface area (Å²) in [6.45, 7) is 1.61. The van der Waals surface area contributed by atoms with Gasteiger partial charge in [-0.1, -0.05) is 18.2 Å². The molecular formula is C11H13NO3. The minimum Gasteiger partial charge on any atom is -0.491 e. The molecule has 0 aromatic heterocycles. The number of hydrogen-bond donors (Lipinski definition) is 0. The summed E-state index contributed by atoms with van der Waals surface area (Å²) in [7, 11) is 1.39. The average Bonchev–Trinajstić information content (AvgIpc) is 2.49. The lowest BCUT2D eigenvalue weighted by Crippen LogP contribution is -2.32. The number of amides is 1. The number of ether oxygens (including phenoxy) is 2. The van der Waals surface area contributed by atoms with E-state index in [4.69, 9.17) is 9.47 Å². The maximum absolute atomic E-state index is 11.4. The van der Waals surface area contributed by atoms with Crippen LogP contribution in [0.15, 0.2) is 24.3 Å². The molecule has 0 unspecified atom stereocenters. The average molecular weight is 207 g/mol. The number of para-hydroxylation sites is 1. The van der Waals surface area contributed by atoms with E-state index in [0.717, 1.165) is 11.3 Å². The molecule has 1 aliphatic rings. The lowest BCUT2D eigenvalue weighted by Gasteiger charge is -2.17. The van der Waals surface area contributed by atoms with Crippen molar-refractivity contribution >= 4 is 6.09 Å². The van der Waals surface area contributed by atoms with Crippen LogP contribution in [-0.2, 0) is 11.3 Å². The third-order valence-corrected chi connectivity index (χ3v) is 2.39. The highest BCUT2D eigenvalue weighted by molar-refractivity contribution is 5.67. The molecule has 4 heteroatoms. The second-order valence-corrected chi connectivity index (χ2v) is 3.35. The van der Waals surface area contributed by atoms with Crippen LogP contribution in [0.1, 0.15) is 5.56 Å². The number of methoxy groups -OCH3 is 1. The molecule has 80 valence electrons. The van der Waals surface area contributed by atoms with Gasteiger partial charge in [-0.3, -0.25) is 0 Å². The zero-order valence-electron chi connectivity index (χ0n) is 8.60. The van der Waals surface area contributed by atoms with Crippen molar-refractivity contribution in [2.24, 2.45) is 0 Å². The molecule has 0 N–H and O–H groups in total. The highest BCUT2D eigenvalue weighted by atomic mass is 16.5. The lowest BCUT2D eigenvalue weighted by molar-refractivity contribution is 0.117. The molecule has 0 saturated carbocycles. The van der Waals surface area contributed by atoms with Crippen LogP contribution >= 0.6 is 0 Å². The summed E-state index contributed by atoms with van der Waals surface area (Å²) in [5, 5.41) is 0. The topological polar surface area (TPSA) is 38.8 Å². The maximum Gasteiger partial charge on any atom is 0.409 e. The van der Waals surface area contributed by atoms with Crippen molar-refractivity contribution in [2.45, 2.75) is 6.54 Å². The van der Waals surface area contributed by atoms with Crippen molar-refractivity contribution in [1.29, 1.82) is 0 Å². The summed E-state index contributed by atoms with van der Waals surface area (Å²) in [5.41, 5.74) is 1.01. The van der Waals surface area contributed by atoms with Crippen LogP contribution in [0.4, 0.5) is 4.79 Å². The van der Waals surface area contributed by atoms with E-state index in [1.165, 1.54) is 7.11 Å². The zero-order valence-corrected chi connectivity index (χ0v) is 8.60. The Hall–Kier alpha value is -1.71. The Kier molecular flexibility index (Phi) is 2.76. The zero-order chi connectivity index (χ0) is 10.7. The summed E-state index contributed by atoms with van der Waals surface area (Å²) in [4.78, 5) is 13.0. The third kappa shape index (κ3) is 2.03. The van der Waals surface area contributed by atoms with Crippen molar-refractivity contribution in [3.8, 4) is 5.75 Å². The number of carbonyl (C=O) groups excluding carboxylic acids is 1. The van der Waals surface area contributed by atoms with Crippen molar-refractivity contribution in [3.05, 3.63) is 29.8 Å². The van der Waals surface area contributed by atoms with Gasteiger partial charge in [0.05, 0.1) is 20.2 Å². The lowest BCUT2D eigenvalue weighted by atomic mass is 10.2. The van der Waals surface area contributed by atoms with Gasteiger partial charge >= 0.3 is 6.09 Å². The first kappa shape index (κ1) is 9.83. The third-order valence-electron chi connectivity index (χ3n) is 2.39. The Morgan fingerprint density at radius 2 is 2.27 bits per heavy atom. The molecule has 2 rings (SSSR count). The maximum atomic E-state index is 11.4. The first-order valence-corrected chi connectivity index (χ1v) is 4.85. The van der Waals surface area contributed by atoms with E-state index >= 15 is 0 Å². The molecule has 0 radical (unpaired) electrons. The van der Waals surface area contributed by atoms with E-state index in [1.54, 1.807) is 4.90 Å². The van der Waals surface area contributed by atoms with Crippen molar-refractivity contribution in [2.75, 3.05) is 20.3 Å². The van der Waals surface area contributed by atoms with E-state index in [9.17, 15) is 4.79 Å². The molecule has 1 amide bonds. The predicted octanol–water partition coefficient (Wildman–Crippen LogP) is 1.65. The van der Waals surface area contributed by atoms with Crippen LogP contribution in [0.3, 0.4) is 0 Å². The molecule has 0 fully saturated rings. The summed E-state index contributed by atoms with van der Waals surface area (Å²) < 4.78 is 10.2. The highest BCUT2D eigenvalue weighted by Crippen LogP contribution is 2.22. The molecule has 15 heavy (non-hydrogen) atoms. The second kappa shape index (κ2) is 4.21. The minimum atomic E-state index is -0.310. The smallest absolute Gasteiger partial charge is 0.409 e. The molecule has 0 bridgehead atoms. The Bertz CT molecular complexity index is 365. The van der Waals surface area contributed by atoms with Crippen LogP contribution in [-0.4, -0.2) is 31.3 Å². The molecule has 0 saturated heterocycles. The molecule has 0 atom stereocenters. The number of hydrogen-bond acceptors (Lipinski definition) is 3. The minimum absolute atomic E-state index is 0.310. The number of nitrogens with zero attached hydrogens (tertiary/aromatic N) is 1. The molecule has 4 nitrogen and oxygen atoms in total. The Labute approximate surface area is 88.4 Å². The van der Waals surface area contributed by atoms with Gasteiger partial charge in [0, 0.05) is 5.56 Å². The van der Waals surface area contributed by atoms with Gasteiger partial charge in [0.25, 0.3) is 0 Å². The molecule has 1 heterocycles. The van der Waals surface area contributed by atoms with Gasteiger partial charge in [-0.15, -0.1) is 0 Å². The summed E-state index contributed by atoms with van der Waals surface area (Å²) in [6.07, 6.45) is -0.310. The molecule has 0 spiro atoms. The van der Waals surface area contributed by atoms with Crippen LogP contribution in [0.2, 0.25) is 0 Å². The van der Waals surface area contributed by atoms with E-state index in [2.05, 4.69) is 0 Å². The fraction of sp³-hybridized carbons (Fsp3) is 0.364. The molecule has 1 aromatic carbocycles. The summed E-state index contributed by atoms with van der Waals surface area (Å²) >= 11 is 0. The van der Waals surface area contributed by atoms with Crippen LogP contribution in [0.5, 0.6) is 5.75 Å². The van der Waals surface area contributed by atoms with E-state index < -0.39 is 0 Å². The quantitative estimate of drug-likeness (QED) is 0.649. The number of carbonyl (C=O) groups is 1. The fourth-order valence-electron chi connectivity index (χ4n) is 1.61. The Morgan fingerprint density at radius 1 is 1.47 bits per heavy atom. The van der Waals surface area contributed by atoms with Crippen LogP contribution in [0.25, 0.3) is 0 Å². The number of fused-ring (bicyclic) bond motifs is 1. The van der Waals surface area contributed by atoms with Gasteiger partial charge in [0.2, 0.25) is 0 Å². The molecule has 0 aliphatic carbocycles. The SMILES string of the molecule is COC(=O)N1CCOc2ccccc2C1. The standard InChI is InChI=1S/C11H13NO3/c1-14-11(13)12-6-7-15-10-5-3-2-4-9(10)8-12/h2-5H,6-8H2,1H3. The first-order chi connectivity index (χ1) is 7.31. The van der Waals surface area contributed by atoms with Gasteiger partial charge in [-0.05, 0) is 6.07 Å².